The van der Waals surface area contributed by atoms with Gasteiger partial charge in [-0.2, -0.15) is 0 Å². The first kappa shape index (κ1) is 14.2. The second-order valence-electron chi connectivity index (χ2n) is 6.38. The molecule has 22 heavy (non-hydrogen) atoms. The standard InChI is InChI=1S/C17H23N3O2/c1-4-15-17(18-7-1)20(14-3-2-8-22-12-14)16(19-15)11-13-5-9-21-10-6-13/h1,4,7,13-14H,2-3,5-6,8-12H2. The fourth-order valence-corrected chi connectivity index (χ4v) is 3.64. The van der Waals surface area contributed by atoms with Gasteiger partial charge in [-0.25, -0.2) is 9.97 Å². The van der Waals surface area contributed by atoms with Gasteiger partial charge < -0.3 is 14.0 Å². The van der Waals surface area contributed by atoms with Crippen molar-refractivity contribution in [3.63, 3.8) is 0 Å². The van der Waals surface area contributed by atoms with E-state index in [0.29, 0.717) is 12.0 Å². The average molecular weight is 301 g/mol. The van der Waals surface area contributed by atoms with E-state index in [1.165, 1.54) is 5.82 Å². The van der Waals surface area contributed by atoms with Crippen molar-refractivity contribution in [1.29, 1.82) is 0 Å². The summed E-state index contributed by atoms with van der Waals surface area (Å²) in [5.41, 5.74) is 2.02. The van der Waals surface area contributed by atoms with Crippen LogP contribution in [0.2, 0.25) is 0 Å². The Morgan fingerprint density at radius 3 is 2.86 bits per heavy atom. The predicted molar refractivity (Wildman–Crippen MR) is 83.9 cm³/mol. The van der Waals surface area contributed by atoms with Crippen molar-refractivity contribution in [3.05, 3.63) is 24.2 Å². The van der Waals surface area contributed by atoms with Crippen LogP contribution in [0.15, 0.2) is 18.3 Å². The molecule has 2 aliphatic rings. The Balaban J connectivity index is 1.68. The summed E-state index contributed by atoms with van der Waals surface area (Å²) < 4.78 is 13.5. The monoisotopic (exact) mass is 301 g/mol. The summed E-state index contributed by atoms with van der Waals surface area (Å²) in [6.07, 6.45) is 7.44. The van der Waals surface area contributed by atoms with E-state index in [1.807, 2.05) is 12.3 Å². The number of nitrogens with zero attached hydrogens (tertiary/aromatic N) is 3. The highest BCUT2D eigenvalue weighted by molar-refractivity contribution is 5.71. The molecule has 4 heterocycles. The van der Waals surface area contributed by atoms with E-state index >= 15 is 0 Å². The van der Waals surface area contributed by atoms with E-state index in [1.54, 1.807) is 0 Å². The molecule has 118 valence electrons. The summed E-state index contributed by atoms with van der Waals surface area (Å²) in [7, 11) is 0. The zero-order chi connectivity index (χ0) is 14.8. The number of hydrogen-bond donors (Lipinski definition) is 0. The van der Waals surface area contributed by atoms with Crippen LogP contribution in [0, 0.1) is 5.92 Å². The maximum Gasteiger partial charge on any atom is 0.160 e. The molecule has 0 N–H and O–H groups in total. The Labute approximate surface area is 130 Å². The van der Waals surface area contributed by atoms with Crippen molar-refractivity contribution >= 4 is 11.2 Å². The molecular formula is C17H23N3O2. The Morgan fingerprint density at radius 1 is 1.14 bits per heavy atom. The van der Waals surface area contributed by atoms with E-state index in [2.05, 4.69) is 15.6 Å². The van der Waals surface area contributed by atoms with Gasteiger partial charge in [-0.3, -0.25) is 0 Å². The lowest BCUT2D eigenvalue weighted by Gasteiger charge is -2.27. The molecule has 0 aromatic carbocycles. The first-order valence-corrected chi connectivity index (χ1v) is 8.39. The third kappa shape index (κ3) is 2.75. The van der Waals surface area contributed by atoms with Crippen molar-refractivity contribution in [2.24, 2.45) is 5.92 Å². The van der Waals surface area contributed by atoms with Gasteiger partial charge in [-0.1, -0.05) is 0 Å². The fourth-order valence-electron chi connectivity index (χ4n) is 3.64. The lowest BCUT2D eigenvalue weighted by Crippen LogP contribution is -2.25. The molecule has 5 nitrogen and oxygen atoms in total. The van der Waals surface area contributed by atoms with Gasteiger partial charge in [0, 0.05) is 32.4 Å². The molecule has 0 saturated carbocycles. The lowest BCUT2D eigenvalue weighted by atomic mass is 9.96. The van der Waals surface area contributed by atoms with E-state index in [-0.39, 0.29) is 0 Å². The highest BCUT2D eigenvalue weighted by Crippen LogP contribution is 2.28. The van der Waals surface area contributed by atoms with Gasteiger partial charge in [-0.15, -0.1) is 0 Å². The zero-order valence-corrected chi connectivity index (χ0v) is 12.9. The van der Waals surface area contributed by atoms with E-state index in [0.717, 1.165) is 69.7 Å². The molecule has 0 aliphatic carbocycles. The molecule has 2 aromatic heterocycles. The third-order valence-electron chi connectivity index (χ3n) is 4.84. The minimum absolute atomic E-state index is 0.378. The molecule has 5 heteroatoms. The van der Waals surface area contributed by atoms with Gasteiger partial charge in [0.1, 0.15) is 11.3 Å². The summed E-state index contributed by atoms with van der Waals surface area (Å²) in [6, 6.07) is 4.41. The van der Waals surface area contributed by atoms with Crippen molar-refractivity contribution in [1.82, 2.24) is 14.5 Å². The highest BCUT2D eigenvalue weighted by atomic mass is 16.5. The Morgan fingerprint density at radius 2 is 2.05 bits per heavy atom. The molecule has 0 radical (unpaired) electrons. The van der Waals surface area contributed by atoms with Crippen molar-refractivity contribution < 1.29 is 9.47 Å². The van der Waals surface area contributed by atoms with E-state index < -0.39 is 0 Å². The molecule has 0 amide bonds. The summed E-state index contributed by atoms with van der Waals surface area (Å²) in [5, 5.41) is 0. The van der Waals surface area contributed by atoms with E-state index in [4.69, 9.17) is 14.5 Å². The van der Waals surface area contributed by atoms with Crippen LogP contribution >= 0.6 is 0 Å². The van der Waals surface area contributed by atoms with Gasteiger partial charge in [0.2, 0.25) is 0 Å². The molecule has 0 bridgehead atoms. The number of aromatic nitrogens is 3. The normalized spacial score (nSPS) is 23.9. The van der Waals surface area contributed by atoms with Gasteiger partial charge in [0.25, 0.3) is 0 Å². The first-order valence-electron chi connectivity index (χ1n) is 8.39. The maximum atomic E-state index is 5.70. The minimum Gasteiger partial charge on any atom is -0.381 e. The van der Waals surface area contributed by atoms with Crippen LogP contribution in [0.25, 0.3) is 11.2 Å². The van der Waals surface area contributed by atoms with Crippen molar-refractivity contribution in [3.8, 4) is 0 Å². The first-order chi connectivity index (χ1) is 10.9. The zero-order valence-electron chi connectivity index (χ0n) is 12.9. The maximum absolute atomic E-state index is 5.70. The van der Waals surface area contributed by atoms with Gasteiger partial charge >= 0.3 is 0 Å². The number of imidazole rings is 1. The van der Waals surface area contributed by atoms with Crippen LogP contribution in [0.4, 0.5) is 0 Å². The molecule has 2 saturated heterocycles. The van der Waals surface area contributed by atoms with Crippen LogP contribution in [0.5, 0.6) is 0 Å². The molecule has 2 fully saturated rings. The second-order valence-corrected chi connectivity index (χ2v) is 6.38. The fraction of sp³-hybridized carbons (Fsp3) is 0.647. The molecule has 0 spiro atoms. The molecule has 1 unspecified atom stereocenters. The largest absolute Gasteiger partial charge is 0.381 e. The quantitative estimate of drug-likeness (QED) is 0.874. The van der Waals surface area contributed by atoms with Crippen LogP contribution in [0.3, 0.4) is 0 Å². The molecule has 2 aliphatic heterocycles. The number of ether oxygens (including phenoxy) is 2. The number of rotatable bonds is 3. The molecular weight excluding hydrogens is 278 g/mol. The number of pyridine rings is 1. The molecule has 1 atom stereocenters. The van der Waals surface area contributed by atoms with E-state index in [9.17, 15) is 0 Å². The van der Waals surface area contributed by atoms with Crippen molar-refractivity contribution in [2.45, 2.75) is 38.1 Å². The minimum atomic E-state index is 0.378. The average Bonchev–Trinajstić information content (AvgIpc) is 2.94. The smallest absolute Gasteiger partial charge is 0.160 e. The highest BCUT2D eigenvalue weighted by Gasteiger charge is 2.25. The number of hydrogen-bond acceptors (Lipinski definition) is 4. The van der Waals surface area contributed by atoms with Gasteiger partial charge in [0.15, 0.2) is 5.65 Å². The SMILES string of the molecule is c1cnc2c(c1)nc(CC1CCOCC1)n2C1CCCOC1. The Hall–Kier alpha value is -1.46. The second kappa shape index (κ2) is 6.34. The number of fused-ring (bicyclic) bond motifs is 1. The lowest BCUT2D eigenvalue weighted by molar-refractivity contribution is 0.0557. The summed E-state index contributed by atoms with van der Waals surface area (Å²) in [5.74, 6) is 1.85. The van der Waals surface area contributed by atoms with Crippen LogP contribution < -0.4 is 0 Å². The Kier molecular flexibility index (Phi) is 4.08. The summed E-state index contributed by atoms with van der Waals surface area (Å²) >= 11 is 0. The van der Waals surface area contributed by atoms with Gasteiger partial charge in [0.05, 0.1) is 12.6 Å². The topological polar surface area (TPSA) is 49.2 Å². The van der Waals surface area contributed by atoms with Gasteiger partial charge in [-0.05, 0) is 43.7 Å². The summed E-state index contributed by atoms with van der Waals surface area (Å²) in [6.45, 7) is 3.43. The van der Waals surface area contributed by atoms with Crippen molar-refractivity contribution in [2.75, 3.05) is 26.4 Å². The predicted octanol–water partition coefficient (Wildman–Crippen LogP) is 2.75. The molecule has 2 aromatic rings. The van der Waals surface area contributed by atoms with Crippen LogP contribution in [-0.2, 0) is 15.9 Å². The van der Waals surface area contributed by atoms with Crippen LogP contribution in [0.1, 0.15) is 37.5 Å². The Bertz CT molecular complexity index is 628. The summed E-state index contributed by atoms with van der Waals surface area (Å²) in [4.78, 5) is 9.48. The third-order valence-corrected chi connectivity index (χ3v) is 4.84. The van der Waals surface area contributed by atoms with Crippen LogP contribution in [-0.4, -0.2) is 41.0 Å². The molecule has 4 rings (SSSR count).